The number of carbonyl (C=O) groups excluding carboxylic acids is 2. The molecule has 0 aliphatic heterocycles. The van der Waals surface area contributed by atoms with Crippen LogP contribution >= 0.6 is 0 Å². The summed E-state index contributed by atoms with van der Waals surface area (Å²) in [7, 11) is 1.76. The number of hydrogen-bond acceptors (Lipinski definition) is 3. The van der Waals surface area contributed by atoms with E-state index >= 15 is 0 Å². The normalized spacial score (nSPS) is 16.6. The van der Waals surface area contributed by atoms with Gasteiger partial charge in [-0.2, -0.15) is 0 Å². The van der Waals surface area contributed by atoms with Gasteiger partial charge in [-0.15, -0.1) is 0 Å². The molecule has 0 radical (unpaired) electrons. The van der Waals surface area contributed by atoms with E-state index < -0.39 is 0 Å². The maximum absolute atomic E-state index is 12.0. The molecule has 0 aromatic rings. The Morgan fingerprint density at radius 3 is 2.43 bits per heavy atom. The van der Waals surface area contributed by atoms with Gasteiger partial charge in [-0.1, -0.05) is 33.1 Å². The predicted octanol–water partition coefficient (Wildman–Crippen LogP) is 1.52. The van der Waals surface area contributed by atoms with E-state index in [9.17, 15) is 9.59 Å². The molecule has 0 heterocycles. The van der Waals surface area contributed by atoms with Crippen LogP contribution in [0.15, 0.2) is 0 Å². The minimum atomic E-state index is -0.101. The number of likely N-dealkylation sites (N-methyl/N-ethyl adjacent to an activating group) is 1. The quantitative estimate of drug-likeness (QED) is 0.748. The standard InChI is InChI=1S/C16H31N3O2/c1-16(2,11-17)12-19(3)15(21)10-18-14(20)9-13-7-5-4-6-8-13/h13H,4-12,17H2,1-3H3,(H,18,20). The zero-order chi connectivity index (χ0) is 15.9. The summed E-state index contributed by atoms with van der Waals surface area (Å²) in [5.41, 5.74) is 5.57. The molecule has 0 bridgehead atoms. The summed E-state index contributed by atoms with van der Waals surface area (Å²) in [5, 5.41) is 2.75. The van der Waals surface area contributed by atoms with E-state index in [1.54, 1.807) is 11.9 Å². The van der Waals surface area contributed by atoms with Gasteiger partial charge in [-0.05, 0) is 30.7 Å². The minimum Gasteiger partial charge on any atom is -0.347 e. The summed E-state index contributed by atoms with van der Waals surface area (Å²) in [4.78, 5) is 25.5. The van der Waals surface area contributed by atoms with Crippen LogP contribution < -0.4 is 11.1 Å². The molecule has 0 unspecified atom stereocenters. The van der Waals surface area contributed by atoms with Crippen molar-refractivity contribution in [2.75, 3.05) is 26.7 Å². The summed E-state index contributed by atoms with van der Waals surface area (Å²) < 4.78 is 0. The lowest BCUT2D eigenvalue weighted by atomic mass is 9.87. The first-order valence-corrected chi connectivity index (χ1v) is 8.05. The van der Waals surface area contributed by atoms with Gasteiger partial charge in [-0.3, -0.25) is 9.59 Å². The highest BCUT2D eigenvalue weighted by Gasteiger charge is 2.22. The predicted molar refractivity (Wildman–Crippen MR) is 84.7 cm³/mol. The number of hydrogen-bond donors (Lipinski definition) is 2. The van der Waals surface area contributed by atoms with Crippen molar-refractivity contribution in [1.82, 2.24) is 10.2 Å². The average Bonchev–Trinajstić information content (AvgIpc) is 2.45. The van der Waals surface area contributed by atoms with E-state index in [1.807, 2.05) is 13.8 Å². The van der Waals surface area contributed by atoms with Crippen LogP contribution in [-0.2, 0) is 9.59 Å². The van der Waals surface area contributed by atoms with E-state index in [-0.39, 0.29) is 23.8 Å². The van der Waals surface area contributed by atoms with Gasteiger partial charge in [0.05, 0.1) is 6.54 Å². The first kappa shape index (κ1) is 18.0. The lowest BCUT2D eigenvalue weighted by Crippen LogP contribution is -2.44. The fourth-order valence-electron chi connectivity index (χ4n) is 2.83. The number of amides is 2. The van der Waals surface area contributed by atoms with Crippen LogP contribution in [0.4, 0.5) is 0 Å². The zero-order valence-corrected chi connectivity index (χ0v) is 13.8. The second kappa shape index (κ2) is 8.37. The molecule has 122 valence electrons. The van der Waals surface area contributed by atoms with Gasteiger partial charge in [0.25, 0.3) is 0 Å². The van der Waals surface area contributed by atoms with Gasteiger partial charge in [0.2, 0.25) is 11.8 Å². The highest BCUT2D eigenvalue weighted by Crippen LogP contribution is 2.25. The Morgan fingerprint density at radius 2 is 1.86 bits per heavy atom. The molecule has 0 aromatic heterocycles. The monoisotopic (exact) mass is 297 g/mol. The van der Waals surface area contributed by atoms with Crippen molar-refractivity contribution in [3.05, 3.63) is 0 Å². The largest absolute Gasteiger partial charge is 0.347 e. The molecule has 1 rings (SSSR count). The maximum atomic E-state index is 12.0. The Kier molecular flexibility index (Phi) is 7.15. The summed E-state index contributed by atoms with van der Waals surface area (Å²) in [5.74, 6) is 0.443. The molecule has 2 amide bonds. The van der Waals surface area contributed by atoms with Crippen LogP contribution in [-0.4, -0.2) is 43.4 Å². The number of rotatable bonds is 7. The van der Waals surface area contributed by atoms with Crippen LogP contribution in [0.2, 0.25) is 0 Å². The van der Waals surface area contributed by atoms with Crippen LogP contribution in [0.25, 0.3) is 0 Å². The Balaban J connectivity index is 2.26. The zero-order valence-electron chi connectivity index (χ0n) is 13.8. The van der Waals surface area contributed by atoms with Gasteiger partial charge in [0, 0.05) is 20.0 Å². The minimum absolute atomic E-state index is 0.00161. The Bertz CT molecular complexity index is 349. The third kappa shape index (κ3) is 6.93. The van der Waals surface area contributed by atoms with Crippen LogP contribution in [0.5, 0.6) is 0 Å². The summed E-state index contributed by atoms with van der Waals surface area (Å²) >= 11 is 0. The van der Waals surface area contributed by atoms with Crippen molar-refractivity contribution in [2.24, 2.45) is 17.1 Å². The van der Waals surface area contributed by atoms with E-state index in [0.717, 1.165) is 12.8 Å². The van der Waals surface area contributed by atoms with Crippen molar-refractivity contribution in [3.63, 3.8) is 0 Å². The molecule has 1 aliphatic rings. The van der Waals surface area contributed by atoms with Crippen molar-refractivity contribution < 1.29 is 9.59 Å². The fourth-order valence-corrected chi connectivity index (χ4v) is 2.83. The van der Waals surface area contributed by atoms with Crippen LogP contribution in [0, 0.1) is 11.3 Å². The molecule has 0 aromatic carbocycles. The Hall–Kier alpha value is -1.10. The molecular formula is C16H31N3O2. The van der Waals surface area contributed by atoms with Crippen molar-refractivity contribution in [2.45, 2.75) is 52.4 Å². The third-order valence-electron chi connectivity index (χ3n) is 4.28. The lowest BCUT2D eigenvalue weighted by Gasteiger charge is -2.29. The average molecular weight is 297 g/mol. The van der Waals surface area contributed by atoms with E-state index in [1.165, 1.54) is 19.3 Å². The molecule has 0 atom stereocenters. The molecule has 0 saturated heterocycles. The van der Waals surface area contributed by atoms with Crippen LogP contribution in [0.3, 0.4) is 0 Å². The third-order valence-corrected chi connectivity index (χ3v) is 4.28. The molecular weight excluding hydrogens is 266 g/mol. The number of carbonyl (C=O) groups is 2. The first-order chi connectivity index (χ1) is 9.84. The van der Waals surface area contributed by atoms with Gasteiger partial charge in [0.1, 0.15) is 0 Å². The molecule has 5 nitrogen and oxygen atoms in total. The second-order valence-electron chi connectivity index (χ2n) is 7.10. The molecule has 1 saturated carbocycles. The summed E-state index contributed by atoms with van der Waals surface area (Å²) in [6.07, 6.45) is 6.60. The van der Waals surface area contributed by atoms with Crippen molar-refractivity contribution in [3.8, 4) is 0 Å². The molecule has 1 fully saturated rings. The van der Waals surface area contributed by atoms with Gasteiger partial charge < -0.3 is 16.0 Å². The fraction of sp³-hybridized carbons (Fsp3) is 0.875. The molecule has 1 aliphatic carbocycles. The van der Waals surface area contributed by atoms with Gasteiger partial charge in [0.15, 0.2) is 0 Å². The number of nitrogens with two attached hydrogens (primary N) is 1. The molecule has 0 spiro atoms. The van der Waals surface area contributed by atoms with Crippen molar-refractivity contribution in [1.29, 1.82) is 0 Å². The molecule has 5 heteroatoms. The van der Waals surface area contributed by atoms with Gasteiger partial charge >= 0.3 is 0 Å². The topological polar surface area (TPSA) is 75.4 Å². The number of nitrogens with one attached hydrogen (secondary N) is 1. The Morgan fingerprint density at radius 1 is 1.24 bits per heavy atom. The highest BCUT2D eigenvalue weighted by molar-refractivity contribution is 5.84. The second-order valence-corrected chi connectivity index (χ2v) is 7.10. The van der Waals surface area contributed by atoms with E-state index in [2.05, 4.69) is 5.32 Å². The van der Waals surface area contributed by atoms with Gasteiger partial charge in [-0.25, -0.2) is 0 Å². The maximum Gasteiger partial charge on any atom is 0.241 e. The first-order valence-electron chi connectivity index (χ1n) is 8.05. The van der Waals surface area contributed by atoms with Crippen molar-refractivity contribution >= 4 is 11.8 Å². The Labute approximate surface area is 128 Å². The van der Waals surface area contributed by atoms with Crippen LogP contribution in [0.1, 0.15) is 52.4 Å². The lowest BCUT2D eigenvalue weighted by molar-refractivity contribution is -0.133. The highest BCUT2D eigenvalue weighted by atomic mass is 16.2. The number of nitrogens with zero attached hydrogens (tertiary/aromatic N) is 1. The smallest absolute Gasteiger partial charge is 0.241 e. The SMILES string of the molecule is CN(CC(C)(C)CN)C(=O)CNC(=O)CC1CCCCC1. The summed E-state index contributed by atoms with van der Waals surface area (Å²) in [6.45, 7) is 5.26. The molecule has 21 heavy (non-hydrogen) atoms. The molecule has 3 N–H and O–H groups in total. The summed E-state index contributed by atoms with van der Waals surface area (Å²) in [6, 6.07) is 0. The van der Waals surface area contributed by atoms with E-state index in [0.29, 0.717) is 25.4 Å². The van der Waals surface area contributed by atoms with E-state index in [4.69, 9.17) is 5.73 Å².